The van der Waals surface area contributed by atoms with Crippen LogP contribution in [0.5, 0.6) is 5.75 Å². The highest BCUT2D eigenvalue weighted by Crippen LogP contribution is 2.21. The number of para-hydroxylation sites is 1. The average Bonchev–Trinajstić information content (AvgIpc) is 2.72. The van der Waals surface area contributed by atoms with Crippen molar-refractivity contribution in [3.63, 3.8) is 0 Å². The van der Waals surface area contributed by atoms with Crippen LogP contribution in [0.4, 0.5) is 5.69 Å². The van der Waals surface area contributed by atoms with Crippen LogP contribution in [0.15, 0.2) is 54.9 Å². The van der Waals surface area contributed by atoms with Crippen molar-refractivity contribution >= 4 is 11.7 Å². The van der Waals surface area contributed by atoms with E-state index in [4.69, 9.17) is 4.74 Å². The lowest BCUT2D eigenvalue weighted by Crippen LogP contribution is -2.54. The van der Waals surface area contributed by atoms with Crippen LogP contribution in [0, 0.1) is 10.1 Å². The summed E-state index contributed by atoms with van der Waals surface area (Å²) in [7, 11) is 0. The molecule has 1 aromatic heterocycles. The monoisotopic (exact) mass is 386 g/mol. The minimum Gasteiger partial charge on any atom is -0.476 e. The van der Waals surface area contributed by atoms with Crippen molar-refractivity contribution in [1.82, 2.24) is 9.88 Å². The molecule has 3 rings (SSSR count). The molecule has 0 amide bonds. The minimum absolute atomic E-state index is 0.230. The van der Waals surface area contributed by atoms with E-state index in [0.29, 0.717) is 31.9 Å². The van der Waals surface area contributed by atoms with Crippen molar-refractivity contribution in [3.05, 3.63) is 65.0 Å². The maximum absolute atomic E-state index is 11.3. The Balaban J connectivity index is 1.71. The Hall–Kier alpha value is -3.20. The molecule has 0 bridgehead atoms. The summed E-state index contributed by atoms with van der Waals surface area (Å²) in [6.07, 6.45) is 2.54. The van der Waals surface area contributed by atoms with Crippen molar-refractivity contribution in [3.8, 4) is 5.75 Å². The number of aromatic nitrogens is 1. The number of carboxylic acids is 1. The average molecular weight is 386 g/mol. The first kappa shape index (κ1) is 19.6. The highest BCUT2D eigenvalue weighted by molar-refractivity contribution is 5.71. The maximum Gasteiger partial charge on any atom is 0.379 e. The molecule has 0 radical (unpaired) electrons. The fourth-order valence-electron chi connectivity index (χ4n) is 3.22. The van der Waals surface area contributed by atoms with Crippen LogP contribution in [-0.2, 0) is 4.79 Å². The molecule has 1 aliphatic rings. The molecular formula is C19H22N4O5. The van der Waals surface area contributed by atoms with Crippen molar-refractivity contribution in [2.75, 3.05) is 31.1 Å². The number of nitro groups is 1. The first-order valence-corrected chi connectivity index (χ1v) is 9.01. The molecule has 0 spiro atoms. The quantitative estimate of drug-likeness (QED) is 0.540. The molecule has 2 heterocycles. The number of rotatable bonds is 8. The zero-order chi connectivity index (χ0) is 19.9. The SMILES string of the molecule is O=C(O)C(CC(Oc1ccccc1)N1CCN(c2ccncc2)CC1)[N+](=O)[O-]. The van der Waals surface area contributed by atoms with Crippen LogP contribution < -0.4 is 9.64 Å². The summed E-state index contributed by atoms with van der Waals surface area (Å²) in [5, 5.41) is 20.4. The Bertz CT molecular complexity index is 767. The van der Waals surface area contributed by atoms with Crippen molar-refractivity contribution in [2.45, 2.75) is 18.7 Å². The van der Waals surface area contributed by atoms with Crippen molar-refractivity contribution in [2.24, 2.45) is 0 Å². The van der Waals surface area contributed by atoms with Gasteiger partial charge in [-0.3, -0.25) is 20.0 Å². The fraction of sp³-hybridized carbons (Fsp3) is 0.368. The third-order valence-electron chi connectivity index (χ3n) is 4.73. The molecule has 9 nitrogen and oxygen atoms in total. The van der Waals surface area contributed by atoms with Gasteiger partial charge in [0.1, 0.15) is 5.75 Å². The van der Waals surface area contributed by atoms with E-state index in [1.807, 2.05) is 23.1 Å². The van der Waals surface area contributed by atoms with Gasteiger partial charge in [0, 0.05) is 49.2 Å². The summed E-state index contributed by atoms with van der Waals surface area (Å²) >= 11 is 0. The largest absolute Gasteiger partial charge is 0.476 e. The van der Waals surface area contributed by atoms with E-state index < -0.39 is 23.2 Å². The first-order chi connectivity index (χ1) is 13.5. The van der Waals surface area contributed by atoms with E-state index in [2.05, 4.69) is 9.88 Å². The third-order valence-corrected chi connectivity index (χ3v) is 4.73. The number of nitrogens with zero attached hydrogens (tertiary/aromatic N) is 4. The molecule has 1 aromatic carbocycles. The third kappa shape index (κ3) is 4.95. The molecule has 1 saturated heterocycles. The second-order valence-corrected chi connectivity index (χ2v) is 6.49. The number of hydrogen-bond donors (Lipinski definition) is 1. The van der Waals surface area contributed by atoms with Crippen LogP contribution in [0.1, 0.15) is 6.42 Å². The molecule has 148 valence electrons. The highest BCUT2D eigenvalue weighted by Gasteiger charge is 2.37. The standard InChI is InChI=1S/C19H22N4O5/c24-19(25)17(23(26)27)14-18(28-16-4-2-1-3-5-16)22-12-10-21(11-13-22)15-6-8-20-9-7-15/h1-9,17-18H,10-14H2,(H,24,25). The Morgan fingerprint density at radius 2 is 1.79 bits per heavy atom. The number of carbonyl (C=O) groups is 1. The van der Waals surface area contributed by atoms with Crippen LogP contribution in [0.3, 0.4) is 0 Å². The van der Waals surface area contributed by atoms with E-state index >= 15 is 0 Å². The van der Waals surface area contributed by atoms with E-state index in [-0.39, 0.29) is 6.42 Å². The number of hydrogen-bond acceptors (Lipinski definition) is 7. The fourth-order valence-corrected chi connectivity index (χ4v) is 3.22. The number of ether oxygens (including phenoxy) is 1. The minimum atomic E-state index is -1.72. The van der Waals surface area contributed by atoms with E-state index in [9.17, 15) is 20.0 Å². The van der Waals surface area contributed by atoms with Gasteiger partial charge in [-0.05, 0) is 24.3 Å². The number of pyridine rings is 1. The molecule has 1 N–H and O–H groups in total. The second-order valence-electron chi connectivity index (χ2n) is 6.49. The molecule has 0 aliphatic carbocycles. The predicted octanol–water partition coefficient (Wildman–Crippen LogP) is 1.73. The highest BCUT2D eigenvalue weighted by atomic mass is 16.6. The molecule has 9 heteroatoms. The van der Waals surface area contributed by atoms with Crippen LogP contribution in [0.25, 0.3) is 0 Å². The number of anilines is 1. The van der Waals surface area contributed by atoms with Gasteiger partial charge in [0.25, 0.3) is 0 Å². The Labute approximate surface area is 162 Å². The summed E-state index contributed by atoms with van der Waals surface area (Å²) in [5.41, 5.74) is 1.06. The molecular weight excluding hydrogens is 364 g/mol. The van der Waals surface area contributed by atoms with Gasteiger partial charge in [-0.1, -0.05) is 18.2 Å². The summed E-state index contributed by atoms with van der Waals surface area (Å²) in [5.74, 6) is -0.904. The molecule has 1 fully saturated rings. The van der Waals surface area contributed by atoms with Gasteiger partial charge in [0.05, 0.1) is 6.42 Å². The molecule has 28 heavy (non-hydrogen) atoms. The Kier molecular flexibility index (Phi) is 6.38. The van der Waals surface area contributed by atoms with Crippen molar-refractivity contribution < 1.29 is 19.6 Å². The topological polar surface area (TPSA) is 109 Å². The van der Waals surface area contributed by atoms with E-state index in [1.54, 1.807) is 36.7 Å². The van der Waals surface area contributed by atoms with Gasteiger partial charge in [-0.15, -0.1) is 0 Å². The first-order valence-electron chi connectivity index (χ1n) is 9.01. The lowest BCUT2D eigenvalue weighted by molar-refractivity contribution is -0.513. The molecule has 2 unspecified atom stereocenters. The molecule has 2 aromatic rings. The summed E-state index contributed by atoms with van der Waals surface area (Å²) in [6, 6.07) is 11.1. The molecule has 1 aliphatic heterocycles. The summed E-state index contributed by atoms with van der Waals surface area (Å²) in [6.45, 7) is 2.61. The predicted molar refractivity (Wildman–Crippen MR) is 102 cm³/mol. The molecule has 2 atom stereocenters. The Morgan fingerprint density at radius 1 is 1.14 bits per heavy atom. The van der Waals surface area contributed by atoms with Crippen LogP contribution >= 0.6 is 0 Å². The van der Waals surface area contributed by atoms with Gasteiger partial charge in [-0.2, -0.15) is 0 Å². The van der Waals surface area contributed by atoms with Gasteiger partial charge in [0.15, 0.2) is 6.23 Å². The lowest BCUT2D eigenvalue weighted by Gasteiger charge is -2.39. The van der Waals surface area contributed by atoms with Gasteiger partial charge < -0.3 is 14.7 Å². The number of benzene rings is 1. The smallest absolute Gasteiger partial charge is 0.379 e. The molecule has 0 saturated carbocycles. The summed E-state index contributed by atoms with van der Waals surface area (Å²) in [4.78, 5) is 29.9. The van der Waals surface area contributed by atoms with Crippen LogP contribution in [-0.4, -0.2) is 64.3 Å². The second kappa shape index (κ2) is 9.14. The zero-order valence-corrected chi connectivity index (χ0v) is 15.3. The maximum atomic E-state index is 11.3. The Morgan fingerprint density at radius 3 is 2.36 bits per heavy atom. The van der Waals surface area contributed by atoms with E-state index in [0.717, 1.165) is 5.69 Å². The number of aliphatic carboxylic acids is 1. The van der Waals surface area contributed by atoms with E-state index in [1.165, 1.54) is 0 Å². The normalized spacial score (nSPS) is 16.9. The van der Waals surface area contributed by atoms with Gasteiger partial charge in [-0.25, -0.2) is 4.79 Å². The number of carboxylic acid groups (broad SMARTS) is 1. The van der Waals surface area contributed by atoms with Crippen LogP contribution in [0.2, 0.25) is 0 Å². The lowest BCUT2D eigenvalue weighted by atomic mass is 10.1. The summed E-state index contributed by atoms with van der Waals surface area (Å²) < 4.78 is 5.96. The zero-order valence-electron chi connectivity index (χ0n) is 15.3. The van der Waals surface area contributed by atoms with Crippen molar-refractivity contribution in [1.29, 1.82) is 0 Å². The van der Waals surface area contributed by atoms with Gasteiger partial charge in [0.2, 0.25) is 0 Å². The number of piperazine rings is 1. The van der Waals surface area contributed by atoms with Gasteiger partial charge >= 0.3 is 12.0 Å².